The number of H-pyrrole nitrogens is 2. The van der Waals surface area contributed by atoms with Gasteiger partial charge in [-0.2, -0.15) is 0 Å². The van der Waals surface area contributed by atoms with Gasteiger partial charge in [0.25, 0.3) is 0 Å². The summed E-state index contributed by atoms with van der Waals surface area (Å²) < 4.78 is 6.41. The molecule has 3 aromatic rings. The van der Waals surface area contributed by atoms with Gasteiger partial charge in [-0.1, -0.05) is 45.8 Å². The van der Waals surface area contributed by atoms with Crippen LogP contribution in [0.15, 0.2) is 30.8 Å². The summed E-state index contributed by atoms with van der Waals surface area (Å²) >= 11 is 0. The molecular formula is C39H48N4O3. The summed E-state index contributed by atoms with van der Waals surface area (Å²) in [6.45, 7) is 19.7. The Hall–Kier alpha value is -4.23. The zero-order chi connectivity index (χ0) is 33.1. The van der Waals surface area contributed by atoms with Crippen molar-refractivity contribution in [2.24, 2.45) is 0 Å². The number of hydrogen-bond acceptors (Lipinski definition) is 4. The van der Waals surface area contributed by atoms with Crippen LogP contribution >= 0.6 is 0 Å². The molecule has 7 nitrogen and oxygen atoms in total. The van der Waals surface area contributed by atoms with Crippen LogP contribution in [0, 0.1) is 13.8 Å². The predicted molar refractivity (Wildman–Crippen MR) is 191 cm³/mol. The van der Waals surface area contributed by atoms with Gasteiger partial charge in [0.1, 0.15) is 0 Å². The number of rotatable bonds is 12. The van der Waals surface area contributed by atoms with E-state index in [1.807, 2.05) is 13.0 Å². The van der Waals surface area contributed by atoms with Gasteiger partial charge in [0.2, 0.25) is 0 Å². The van der Waals surface area contributed by atoms with E-state index >= 15 is 0 Å². The van der Waals surface area contributed by atoms with Crippen molar-refractivity contribution in [2.75, 3.05) is 6.61 Å². The first-order valence-electron chi connectivity index (χ1n) is 16.7. The van der Waals surface area contributed by atoms with Gasteiger partial charge >= 0.3 is 5.97 Å². The molecule has 0 fully saturated rings. The summed E-state index contributed by atoms with van der Waals surface area (Å²) in [5, 5.41) is 9.57. The SMILES string of the molecule is C=Cc1c(C)c2cc3[nH]c(cc4nc(cc5nc(cc1[nH]2)C(C)=C5C(C)OCCCCCC)C(C)=C4CCC(=O)O)c(CC)c3C. The Labute approximate surface area is 272 Å². The maximum atomic E-state index is 11.7. The van der Waals surface area contributed by atoms with Crippen LogP contribution in [0.25, 0.3) is 50.4 Å². The molecule has 2 aliphatic heterocycles. The number of ether oxygens (including phenoxy) is 1. The highest BCUT2D eigenvalue weighted by Gasteiger charge is 2.25. The van der Waals surface area contributed by atoms with Crippen LogP contribution < -0.4 is 0 Å². The lowest BCUT2D eigenvalue weighted by molar-refractivity contribution is -0.136. The molecule has 0 aromatic carbocycles. The lowest BCUT2D eigenvalue weighted by Gasteiger charge is -2.16. The first-order chi connectivity index (χ1) is 22.1. The Balaban J connectivity index is 1.82. The standard InChI is InChI=1S/C39H48N4O3/c1-9-12-13-14-17-46-26(8)39-25(7)33-19-34-27(10-2)22(4)30(40-34)18-31-23(5)28(11-3)35(41-31)21-36-29(15-16-38(44)45)24(6)32(42-36)20-37(39)43-33/h10,18-21,26,40-41H,2,9,11-17H2,1,3-8H3,(H,44,45). The highest BCUT2D eigenvalue weighted by Crippen LogP contribution is 2.38. The number of carboxylic acids is 1. The smallest absolute Gasteiger partial charge is 0.303 e. The fraction of sp³-hybridized carbons (Fsp3) is 0.410. The molecule has 0 aliphatic carbocycles. The summed E-state index contributed by atoms with van der Waals surface area (Å²) in [7, 11) is 0. The van der Waals surface area contributed by atoms with Crippen molar-refractivity contribution in [1.29, 1.82) is 0 Å². The maximum Gasteiger partial charge on any atom is 0.303 e. The van der Waals surface area contributed by atoms with Crippen molar-refractivity contribution < 1.29 is 14.6 Å². The molecule has 0 radical (unpaired) electrons. The highest BCUT2D eigenvalue weighted by atomic mass is 16.5. The van der Waals surface area contributed by atoms with E-state index < -0.39 is 5.97 Å². The second-order valence-corrected chi connectivity index (χ2v) is 12.6. The van der Waals surface area contributed by atoms with Crippen LogP contribution in [0.5, 0.6) is 0 Å². The minimum atomic E-state index is -0.822. The molecule has 1 unspecified atom stereocenters. The Bertz CT molecular complexity index is 1900. The van der Waals surface area contributed by atoms with Crippen molar-refractivity contribution in [3.8, 4) is 0 Å². The minimum Gasteiger partial charge on any atom is -0.481 e. The van der Waals surface area contributed by atoms with Gasteiger partial charge in [0.05, 0.1) is 28.9 Å². The highest BCUT2D eigenvalue weighted by molar-refractivity contribution is 5.97. The van der Waals surface area contributed by atoms with Crippen LogP contribution in [-0.2, 0) is 16.0 Å². The zero-order valence-corrected chi connectivity index (χ0v) is 28.5. The van der Waals surface area contributed by atoms with E-state index in [2.05, 4.69) is 82.4 Å². The molecule has 242 valence electrons. The Morgan fingerprint density at radius 1 is 0.870 bits per heavy atom. The molecule has 3 aromatic heterocycles. The number of aliphatic carboxylic acids is 1. The molecule has 0 amide bonds. The molecule has 0 spiro atoms. The summed E-state index contributed by atoms with van der Waals surface area (Å²) in [6, 6.07) is 8.43. The third-order valence-electron chi connectivity index (χ3n) is 9.55. The van der Waals surface area contributed by atoms with Gasteiger partial charge < -0.3 is 19.8 Å². The fourth-order valence-electron chi connectivity index (χ4n) is 6.80. The van der Waals surface area contributed by atoms with Crippen molar-refractivity contribution in [1.82, 2.24) is 19.9 Å². The van der Waals surface area contributed by atoms with E-state index in [0.29, 0.717) is 13.0 Å². The fourth-order valence-corrected chi connectivity index (χ4v) is 6.80. The number of aryl methyl sites for hydroxylation is 3. The molecular weight excluding hydrogens is 572 g/mol. The first kappa shape index (κ1) is 33.1. The minimum absolute atomic E-state index is 0.0388. The summed E-state index contributed by atoms with van der Waals surface area (Å²) in [5.74, 6) is -0.822. The average molecular weight is 621 g/mol. The Morgan fingerprint density at radius 2 is 1.54 bits per heavy atom. The normalized spacial score (nSPS) is 13.9. The van der Waals surface area contributed by atoms with Crippen molar-refractivity contribution in [2.45, 2.75) is 99.5 Å². The van der Waals surface area contributed by atoms with Crippen LogP contribution in [0.4, 0.5) is 0 Å². The summed E-state index contributed by atoms with van der Waals surface area (Å²) in [5.41, 5.74) is 15.9. The number of nitrogens with zero attached hydrogens (tertiary/aromatic N) is 2. The second-order valence-electron chi connectivity index (χ2n) is 12.6. The molecule has 2 aliphatic rings. The van der Waals surface area contributed by atoms with Crippen LogP contribution in [0.1, 0.15) is 118 Å². The van der Waals surface area contributed by atoms with Gasteiger partial charge in [-0.3, -0.25) is 4.79 Å². The van der Waals surface area contributed by atoms with Gasteiger partial charge in [-0.05, 0) is 112 Å². The summed E-state index contributed by atoms with van der Waals surface area (Å²) in [4.78, 5) is 29.3. The van der Waals surface area contributed by atoms with Crippen LogP contribution in [-0.4, -0.2) is 43.7 Å². The van der Waals surface area contributed by atoms with Crippen molar-refractivity contribution in [3.63, 3.8) is 0 Å². The van der Waals surface area contributed by atoms with E-state index in [1.54, 1.807) is 0 Å². The maximum absolute atomic E-state index is 11.7. The van der Waals surface area contributed by atoms with Gasteiger partial charge in [-0.15, -0.1) is 0 Å². The number of hydrogen-bond donors (Lipinski definition) is 3. The number of unbranched alkanes of at least 4 members (excludes halogenated alkanes) is 3. The third-order valence-corrected chi connectivity index (χ3v) is 9.55. The topological polar surface area (TPSA) is 104 Å². The van der Waals surface area contributed by atoms with E-state index in [0.717, 1.165) is 97.5 Å². The number of carbonyl (C=O) groups is 1. The molecule has 3 N–H and O–H groups in total. The van der Waals surface area contributed by atoms with Gasteiger partial charge in [0, 0.05) is 46.2 Å². The van der Waals surface area contributed by atoms with Crippen molar-refractivity contribution >= 4 is 56.4 Å². The lowest BCUT2D eigenvalue weighted by Crippen LogP contribution is -2.12. The number of nitrogens with one attached hydrogen (secondary N) is 2. The van der Waals surface area contributed by atoms with Gasteiger partial charge in [0.15, 0.2) is 0 Å². The molecule has 7 heteroatoms. The van der Waals surface area contributed by atoms with Crippen molar-refractivity contribution in [3.05, 3.63) is 75.9 Å². The Morgan fingerprint density at radius 3 is 2.24 bits per heavy atom. The second kappa shape index (κ2) is 14.0. The van der Waals surface area contributed by atoms with E-state index in [9.17, 15) is 9.90 Å². The first-order valence-corrected chi connectivity index (χ1v) is 16.7. The molecule has 8 bridgehead atoms. The number of allylic oxidation sites excluding steroid dienone is 3. The third kappa shape index (κ3) is 6.52. The quantitative estimate of drug-likeness (QED) is 0.175. The van der Waals surface area contributed by atoms with E-state index in [4.69, 9.17) is 14.7 Å². The summed E-state index contributed by atoms with van der Waals surface area (Å²) in [6.07, 6.45) is 7.63. The van der Waals surface area contributed by atoms with Crippen LogP contribution in [0.3, 0.4) is 0 Å². The molecule has 5 rings (SSSR count). The molecule has 5 heterocycles. The van der Waals surface area contributed by atoms with Crippen LogP contribution in [0.2, 0.25) is 0 Å². The molecule has 0 saturated heterocycles. The van der Waals surface area contributed by atoms with E-state index in [1.165, 1.54) is 24.0 Å². The number of aromatic nitrogens is 4. The number of fused-ring (bicyclic) bond motifs is 8. The number of aromatic amines is 2. The molecule has 0 saturated carbocycles. The molecule has 1 atom stereocenters. The zero-order valence-electron chi connectivity index (χ0n) is 28.5. The monoisotopic (exact) mass is 620 g/mol. The number of carboxylic acid groups (broad SMARTS) is 1. The average Bonchev–Trinajstić information content (AvgIpc) is 3.68. The van der Waals surface area contributed by atoms with E-state index in [-0.39, 0.29) is 12.5 Å². The lowest BCUT2D eigenvalue weighted by atomic mass is 9.99. The Kier molecular flexibility index (Phi) is 10.1. The largest absolute Gasteiger partial charge is 0.481 e. The van der Waals surface area contributed by atoms with Gasteiger partial charge in [-0.25, -0.2) is 9.97 Å². The molecule has 46 heavy (non-hydrogen) atoms. The predicted octanol–water partition coefficient (Wildman–Crippen LogP) is 9.85.